The van der Waals surface area contributed by atoms with Gasteiger partial charge >= 0.3 is 0 Å². The number of aliphatic hydroxyl groups excluding tert-OH is 2. The van der Waals surface area contributed by atoms with Gasteiger partial charge < -0.3 is 24.5 Å². The molecule has 2 N–H and O–H groups in total. The number of methoxy groups -OCH3 is 1. The average molecular weight is 526 g/mol. The monoisotopic (exact) mass is 525 g/mol. The molecule has 5 atom stereocenters. The van der Waals surface area contributed by atoms with Gasteiger partial charge in [0.2, 0.25) is 0 Å². The molecule has 0 aliphatic heterocycles. The fourth-order valence-corrected chi connectivity index (χ4v) is 5.34. The van der Waals surface area contributed by atoms with Crippen LogP contribution in [0.15, 0.2) is 16.8 Å². The molecule has 0 spiro atoms. The second-order valence-corrected chi connectivity index (χ2v) is 11.2. The fourth-order valence-electron chi connectivity index (χ4n) is 5.34. The Morgan fingerprint density at radius 1 is 1.05 bits per heavy atom. The molecular formula is C29H51NO7. The summed E-state index contributed by atoms with van der Waals surface area (Å²) in [5.74, 6) is 1.18. The Morgan fingerprint density at radius 3 is 2.30 bits per heavy atom. The van der Waals surface area contributed by atoms with E-state index in [-0.39, 0.29) is 30.7 Å². The molecule has 0 bridgehead atoms. The molecule has 1 rings (SSSR count). The highest BCUT2D eigenvalue weighted by molar-refractivity contribution is 5.91. The predicted molar refractivity (Wildman–Crippen MR) is 145 cm³/mol. The lowest BCUT2D eigenvalue weighted by Crippen LogP contribution is -2.40. The molecule has 1 aliphatic rings. The number of carbonyl (C=O) groups excluding carboxylic acids is 2. The molecule has 0 unspecified atom stereocenters. The molecule has 1 aliphatic carbocycles. The summed E-state index contributed by atoms with van der Waals surface area (Å²) in [4.78, 5) is 26.9. The smallest absolute Gasteiger partial charge is 0.293 e. The minimum absolute atomic E-state index is 0.00477. The van der Waals surface area contributed by atoms with Crippen LogP contribution in [0.5, 0.6) is 0 Å². The van der Waals surface area contributed by atoms with E-state index in [1.54, 1.807) is 0 Å². The van der Waals surface area contributed by atoms with Gasteiger partial charge in [-0.15, -0.1) is 0 Å². The first-order chi connectivity index (χ1) is 17.6. The molecule has 0 aromatic rings. The Balaban J connectivity index is 2.77. The lowest BCUT2D eigenvalue weighted by atomic mass is 9.83. The van der Waals surface area contributed by atoms with Crippen LogP contribution in [0, 0.1) is 23.7 Å². The summed E-state index contributed by atoms with van der Waals surface area (Å²) >= 11 is 0. The van der Waals surface area contributed by atoms with Crippen molar-refractivity contribution in [2.75, 3.05) is 13.7 Å². The molecule has 0 saturated heterocycles. The van der Waals surface area contributed by atoms with Crippen LogP contribution in [0.4, 0.5) is 0 Å². The first-order valence-corrected chi connectivity index (χ1v) is 13.9. The van der Waals surface area contributed by atoms with Crippen molar-refractivity contribution in [1.82, 2.24) is 0 Å². The maximum absolute atomic E-state index is 11.2. The number of allylic oxidation sites excluding steroid dienone is 1. The summed E-state index contributed by atoms with van der Waals surface area (Å²) in [5.41, 5.74) is 1.36. The second-order valence-electron chi connectivity index (χ2n) is 11.2. The van der Waals surface area contributed by atoms with Crippen LogP contribution in [-0.2, 0) is 23.9 Å². The van der Waals surface area contributed by atoms with Gasteiger partial charge in [0.25, 0.3) is 6.47 Å². The lowest BCUT2D eigenvalue weighted by Gasteiger charge is -2.28. The van der Waals surface area contributed by atoms with Crippen molar-refractivity contribution < 1.29 is 34.1 Å². The van der Waals surface area contributed by atoms with Crippen LogP contribution in [0.2, 0.25) is 0 Å². The van der Waals surface area contributed by atoms with Gasteiger partial charge in [-0.25, -0.2) is 0 Å². The fraction of sp³-hybridized carbons (Fsp3) is 0.828. The highest BCUT2D eigenvalue weighted by Gasteiger charge is 2.31. The number of aliphatic hydroxyl groups is 2. The number of aldehydes is 1. The normalized spacial score (nSPS) is 23.2. The Labute approximate surface area is 223 Å². The third-order valence-electron chi connectivity index (χ3n) is 7.39. The number of carbonyl (C=O) groups is 2. The van der Waals surface area contributed by atoms with Crippen LogP contribution in [0.1, 0.15) is 92.4 Å². The minimum Gasteiger partial charge on any atom is -0.465 e. The zero-order valence-corrected chi connectivity index (χ0v) is 23.8. The third-order valence-corrected chi connectivity index (χ3v) is 7.39. The predicted octanol–water partition coefficient (Wildman–Crippen LogP) is 4.85. The molecule has 0 aromatic carbocycles. The molecule has 1 saturated carbocycles. The molecule has 0 radical (unpaired) electrons. The summed E-state index contributed by atoms with van der Waals surface area (Å²) in [6.07, 6.45) is 8.83. The van der Waals surface area contributed by atoms with E-state index in [2.05, 4.69) is 25.9 Å². The highest BCUT2D eigenvalue weighted by Crippen LogP contribution is 2.29. The molecule has 0 aromatic heterocycles. The number of nitrogens with zero attached hydrogens (tertiary/aromatic N) is 1. The molecule has 0 amide bonds. The van der Waals surface area contributed by atoms with Crippen molar-refractivity contribution in [3.05, 3.63) is 11.6 Å². The summed E-state index contributed by atoms with van der Waals surface area (Å²) in [5, 5.41) is 25.0. The quantitative estimate of drug-likeness (QED) is 0.0814. The number of hydrogen-bond donors (Lipinski definition) is 2. The van der Waals surface area contributed by atoms with Crippen molar-refractivity contribution in [1.29, 1.82) is 0 Å². The Morgan fingerprint density at radius 2 is 1.73 bits per heavy atom. The van der Waals surface area contributed by atoms with Gasteiger partial charge in [-0.1, -0.05) is 38.9 Å². The van der Waals surface area contributed by atoms with Gasteiger partial charge in [0.15, 0.2) is 12.9 Å². The summed E-state index contributed by atoms with van der Waals surface area (Å²) in [6, 6.07) is 0. The molecular weight excluding hydrogens is 474 g/mol. The van der Waals surface area contributed by atoms with Crippen molar-refractivity contribution in [2.24, 2.45) is 28.8 Å². The zero-order valence-electron chi connectivity index (χ0n) is 23.8. The molecule has 214 valence electrons. The molecule has 8 heteroatoms. The van der Waals surface area contributed by atoms with Gasteiger partial charge in [-0.2, -0.15) is 0 Å². The molecule has 1 fully saturated rings. The summed E-state index contributed by atoms with van der Waals surface area (Å²) in [6.45, 7) is 10.6. The van der Waals surface area contributed by atoms with E-state index in [9.17, 15) is 19.8 Å². The Hall–Kier alpha value is -1.77. The maximum Gasteiger partial charge on any atom is 0.293 e. The Bertz CT molecular complexity index is 700. The number of oxime groups is 1. The topological polar surface area (TPSA) is 115 Å². The van der Waals surface area contributed by atoms with Crippen molar-refractivity contribution >= 4 is 18.5 Å². The van der Waals surface area contributed by atoms with Crippen molar-refractivity contribution in [3.63, 3.8) is 0 Å². The van der Waals surface area contributed by atoms with Gasteiger partial charge in [-0.3, -0.25) is 9.59 Å². The van der Waals surface area contributed by atoms with Crippen LogP contribution in [0.3, 0.4) is 0 Å². The number of ether oxygens (including phenoxy) is 2. The summed E-state index contributed by atoms with van der Waals surface area (Å²) in [7, 11) is 1.54. The minimum atomic E-state index is -0.913. The van der Waals surface area contributed by atoms with Gasteiger partial charge in [0.05, 0.1) is 11.8 Å². The van der Waals surface area contributed by atoms with Crippen molar-refractivity contribution in [2.45, 2.75) is 117 Å². The number of rotatable bonds is 19. The maximum atomic E-state index is 11.2. The molecule has 8 nitrogen and oxygen atoms in total. The van der Waals surface area contributed by atoms with Crippen molar-refractivity contribution in [3.8, 4) is 0 Å². The van der Waals surface area contributed by atoms with E-state index >= 15 is 0 Å². The molecule has 37 heavy (non-hydrogen) atoms. The SMILES string of the molecule is CO[C@@H](/C(=N/OCC=O)[C@H](C)CC(C)C)[C@H](O)/C(C)=C/[C@@H](C)CC[C@@H](CC[C@H]1CC[C@H](O)CC1)OC=O. The van der Waals surface area contributed by atoms with Crippen LogP contribution < -0.4 is 0 Å². The highest BCUT2D eigenvalue weighted by atomic mass is 16.6. The van der Waals surface area contributed by atoms with Crippen LogP contribution in [-0.4, -0.2) is 66.8 Å². The van der Waals surface area contributed by atoms with Gasteiger partial charge in [-0.05, 0) is 88.0 Å². The largest absolute Gasteiger partial charge is 0.465 e. The first-order valence-electron chi connectivity index (χ1n) is 13.9. The standard InChI is InChI=1S/C29H51NO7/c1-20(2)17-22(4)27(30-37-16-15-31)29(35-6)28(34)23(5)18-21(3)7-13-26(36-19-32)14-10-24-8-11-25(33)12-9-24/h15,18-22,24-26,28-29,33-34H,7-14,16-17H2,1-6H3/b23-18+,30-27+/t21-,22+,24-,25-,26-,28+,29-/m0/s1. The lowest BCUT2D eigenvalue weighted by molar-refractivity contribution is -0.134. The van der Waals surface area contributed by atoms with Gasteiger partial charge in [0, 0.05) is 13.0 Å². The van der Waals surface area contributed by atoms with Crippen LogP contribution in [0.25, 0.3) is 0 Å². The third kappa shape index (κ3) is 13.0. The Kier molecular flexibility index (Phi) is 16.6. The van der Waals surface area contributed by atoms with E-state index in [1.807, 2.05) is 19.9 Å². The molecule has 0 heterocycles. The zero-order chi connectivity index (χ0) is 27.8. The van der Waals surface area contributed by atoms with E-state index in [1.165, 1.54) is 7.11 Å². The van der Waals surface area contributed by atoms with Gasteiger partial charge in [0.1, 0.15) is 18.3 Å². The average Bonchev–Trinajstić information content (AvgIpc) is 2.85. The summed E-state index contributed by atoms with van der Waals surface area (Å²) < 4.78 is 11.0. The van der Waals surface area contributed by atoms with Crippen LogP contribution >= 0.6 is 0 Å². The number of hydrogen-bond acceptors (Lipinski definition) is 8. The van der Waals surface area contributed by atoms with E-state index in [0.717, 1.165) is 63.4 Å². The van der Waals surface area contributed by atoms with E-state index in [4.69, 9.17) is 14.3 Å². The van der Waals surface area contributed by atoms with E-state index < -0.39 is 12.2 Å². The van der Waals surface area contributed by atoms with E-state index in [0.29, 0.717) is 30.3 Å². The first kappa shape index (κ1) is 33.3. The second kappa shape index (κ2) is 18.5.